The number of fused-ring (bicyclic) bond motifs is 1. The van der Waals surface area contributed by atoms with E-state index in [1.807, 2.05) is 0 Å². The second-order valence-electron chi connectivity index (χ2n) is 3.89. The number of imidazole rings is 1. The Morgan fingerprint density at radius 2 is 2.46 bits per heavy atom. The highest BCUT2D eigenvalue weighted by Crippen LogP contribution is 2.21. The van der Waals surface area contributed by atoms with Gasteiger partial charge in [-0.3, -0.25) is 4.79 Å². The number of hydrogen-bond acceptors (Lipinski definition) is 2. The maximum Gasteiger partial charge on any atom is 0.179 e. The minimum Gasteiger partial charge on any atom is -0.334 e. The number of carbonyl (C=O) groups excluding carboxylic acids is 1. The van der Waals surface area contributed by atoms with Gasteiger partial charge in [-0.1, -0.05) is 6.92 Å². The van der Waals surface area contributed by atoms with Gasteiger partial charge in [-0.25, -0.2) is 4.98 Å². The zero-order valence-corrected chi connectivity index (χ0v) is 8.08. The van der Waals surface area contributed by atoms with Crippen molar-refractivity contribution in [2.75, 3.05) is 0 Å². The van der Waals surface area contributed by atoms with Crippen molar-refractivity contribution in [3.05, 3.63) is 17.7 Å². The third-order valence-corrected chi connectivity index (χ3v) is 2.66. The van der Waals surface area contributed by atoms with Crippen molar-refractivity contribution in [3.8, 4) is 0 Å². The Bertz CT molecular complexity index is 341. The molecule has 2 rings (SSSR count). The largest absolute Gasteiger partial charge is 0.334 e. The normalized spacial score (nSPS) is 21.2. The van der Waals surface area contributed by atoms with Gasteiger partial charge in [-0.05, 0) is 18.8 Å². The van der Waals surface area contributed by atoms with E-state index in [0.29, 0.717) is 11.6 Å². The number of Topliss-reactive ketones (excluding diaryl/α,β-unsaturated/α-hetero) is 1. The molecule has 3 heteroatoms. The molecule has 0 aromatic carbocycles. The molecule has 13 heavy (non-hydrogen) atoms. The van der Waals surface area contributed by atoms with Crippen LogP contribution in [0.2, 0.25) is 0 Å². The van der Waals surface area contributed by atoms with Gasteiger partial charge < -0.3 is 4.57 Å². The van der Waals surface area contributed by atoms with Crippen LogP contribution in [0.5, 0.6) is 0 Å². The Morgan fingerprint density at radius 3 is 3.15 bits per heavy atom. The highest BCUT2D eigenvalue weighted by Gasteiger charge is 2.20. The molecule has 1 aliphatic rings. The number of hydrogen-bond donors (Lipinski definition) is 0. The summed E-state index contributed by atoms with van der Waals surface area (Å²) in [4.78, 5) is 15.3. The van der Waals surface area contributed by atoms with Crippen molar-refractivity contribution in [2.24, 2.45) is 5.92 Å². The number of aromatic nitrogens is 2. The average Bonchev–Trinajstić information content (AvgIpc) is 2.46. The zero-order chi connectivity index (χ0) is 9.42. The smallest absolute Gasteiger partial charge is 0.179 e. The Morgan fingerprint density at radius 1 is 1.69 bits per heavy atom. The van der Waals surface area contributed by atoms with Crippen molar-refractivity contribution in [1.82, 2.24) is 9.55 Å². The maximum atomic E-state index is 11.2. The quantitative estimate of drug-likeness (QED) is 0.613. The predicted molar refractivity (Wildman–Crippen MR) is 49.7 cm³/mol. The van der Waals surface area contributed by atoms with E-state index >= 15 is 0 Å². The second kappa shape index (κ2) is 2.98. The first-order chi connectivity index (χ1) is 6.18. The van der Waals surface area contributed by atoms with Gasteiger partial charge in [0.2, 0.25) is 0 Å². The minimum atomic E-state index is 0.0864. The fraction of sp³-hybridized carbons (Fsp3) is 0.600. The summed E-state index contributed by atoms with van der Waals surface area (Å²) in [5, 5.41) is 0. The summed E-state index contributed by atoms with van der Waals surface area (Å²) in [5.41, 5.74) is 1.80. The summed E-state index contributed by atoms with van der Waals surface area (Å²) in [5.74, 6) is 0.796. The van der Waals surface area contributed by atoms with Crippen LogP contribution in [0.3, 0.4) is 0 Å². The van der Waals surface area contributed by atoms with Crippen LogP contribution in [0.25, 0.3) is 0 Å². The van der Waals surface area contributed by atoms with E-state index in [-0.39, 0.29) is 5.78 Å². The number of nitrogens with zero attached hydrogens (tertiary/aromatic N) is 2. The summed E-state index contributed by atoms with van der Waals surface area (Å²) in [7, 11) is 0. The minimum absolute atomic E-state index is 0.0864. The first-order valence-electron chi connectivity index (χ1n) is 4.73. The molecule has 70 valence electrons. The van der Waals surface area contributed by atoms with Crippen LogP contribution < -0.4 is 0 Å². The standard InChI is InChI=1S/C10H14N2O/c1-7-3-4-9-10(8(2)13)11-6-12(9)5-7/h6-7H,3-5H2,1-2H3. The van der Waals surface area contributed by atoms with Crippen LogP contribution in [0.1, 0.15) is 36.5 Å². The zero-order valence-electron chi connectivity index (χ0n) is 8.08. The molecule has 1 aliphatic heterocycles. The van der Waals surface area contributed by atoms with Crippen molar-refractivity contribution in [1.29, 1.82) is 0 Å². The molecule has 1 aromatic heterocycles. The van der Waals surface area contributed by atoms with Gasteiger partial charge >= 0.3 is 0 Å². The molecular weight excluding hydrogens is 164 g/mol. The van der Waals surface area contributed by atoms with Gasteiger partial charge in [0.05, 0.1) is 6.33 Å². The Kier molecular flexibility index (Phi) is 1.94. The summed E-state index contributed by atoms with van der Waals surface area (Å²) in [6.07, 6.45) is 3.96. The van der Waals surface area contributed by atoms with E-state index < -0.39 is 0 Å². The van der Waals surface area contributed by atoms with Crippen LogP contribution in [0, 0.1) is 5.92 Å². The monoisotopic (exact) mass is 178 g/mol. The summed E-state index contributed by atoms with van der Waals surface area (Å²) in [6, 6.07) is 0. The molecule has 1 unspecified atom stereocenters. The van der Waals surface area contributed by atoms with Crippen molar-refractivity contribution in [2.45, 2.75) is 33.2 Å². The lowest BCUT2D eigenvalue weighted by Crippen LogP contribution is -2.18. The average molecular weight is 178 g/mol. The first kappa shape index (κ1) is 8.48. The summed E-state index contributed by atoms with van der Waals surface area (Å²) in [6.45, 7) is 4.83. The second-order valence-corrected chi connectivity index (χ2v) is 3.89. The molecule has 1 aromatic rings. The van der Waals surface area contributed by atoms with E-state index in [1.165, 1.54) is 6.42 Å². The molecular formula is C10H14N2O. The SMILES string of the molecule is CC(=O)c1ncn2c1CCC(C)C2. The highest BCUT2D eigenvalue weighted by atomic mass is 16.1. The Balaban J connectivity index is 2.39. The topological polar surface area (TPSA) is 34.9 Å². The third-order valence-electron chi connectivity index (χ3n) is 2.66. The van der Waals surface area contributed by atoms with Gasteiger partial charge in [0.1, 0.15) is 5.69 Å². The summed E-state index contributed by atoms with van der Waals surface area (Å²) < 4.78 is 2.12. The van der Waals surface area contributed by atoms with Gasteiger partial charge in [-0.2, -0.15) is 0 Å². The lowest BCUT2D eigenvalue weighted by molar-refractivity contribution is 0.101. The third kappa shape index (κ3) is 1.39. The van der Waals surface area contributed by atoms with E-state index in [1.54, 1.807) is 13.3 Å². The fourth-order valence-corrected chi connectivity index (χ4v) is 1.93. The van der Waals surface area contributed by atoms with Crippen LogP contribution >= 0.6 is 0 Å². The van der Waals surface area contributed by atoms with Crippen molar-refractivity contribution in [3.63, 3.8) is 0 Å². The molecule has 0 bridgehead atoms. The number of ketones is 1. The number of rotatable bonds is 1. The van der Waals surface area contributed by atoms with Crippen LogP contribution in [0.4, 0.5) is 0 Å². The van der Waals surface area contributed by atoms with Gasteiger partial charge in [0.15, 0.2) is 5.78 Å². The summed E-state index contributed by atoms with van der Waals surface area (Å²) >= 11 is 0. The molecule has 0 fully saturated rings. The lowest BCUT2D eigenvalue weighted by atomic mass is 9.98. The fourth-order valence-electron chi connectivity index (χ4n) is 1.93. The predicted octanol–water partition coefficient (Wildman–Crippen LogP) is 1.67. The van der Waals surface area contributed by atoms with Crippen LogP contribution in [-0.4, -0.2) is 15.3 Å². The van der Waals surface area contributed by atoms with E-state index in [4.69, 9.17) is 0 Å². The highest BCUT2D eigenvalue weighted by molar-refractivity contribution is 5.93. The lowest BCUT2D eigenvalue weighted by Gasteiger charge is -2.20. The number of carbonyl (C=O) groups is 1. The van der Waals surface area contributed by atoms with Crippen molar-refractivity contribution >= 4 is 5.78 Å². The van der Waals surface area contributed by atoms with Gasteiger partial charge in [-0.15, -0.1) is 0 Å². The van der Waals surface area contributed by atoms with Crippen LogP contribution in [-0.2, 0) is 13.0 Å². The molecule has 0 N–H and O–H groups in total. The molecule has 2 heterocycles. The Labute approximate surface area is 77.8 Å². The molecule has 0 radical (unpaired) electrons. The molecule has 1 atom stereocenters. The molecule has 3 nitrogen and oxygen atoms in total. The molecule has 0 saturated heterocycles. The maximum absolute atomic E-state index is 11.2. The molecule has 0 spiro atoms. The molecule has 0 saturated carbocycles. The van der Waals surface area contributed by atoms with E-state index in [2.05, 4.69) is 16.5 Å². The van der Waals surface area contributed by atoms with Gasteiger partial charge in [0, 0.05) is 19.2 Å². The molecule has 0 aliphatic carbocycles. The molecule has 0 amide bonds. The van der Waals surface area contributed by atoms with E-state index in [9.17, 15) is 4.79 Å². The van der Waals surface area contributed by atoms with Crippen LogP contribution in [0.15, 0.2) is 6.33 Å². The van der Waals surface area contributed by atoms with Gasteiger partial charge in [0.25, 0.3) is 0 Å². The van der Waals surface area contributed by atoms with Crippen molar-refractivity contribution < 1.29 is 4.79 Å². The Hall–Kier alpha value is -1.12. The van der Waals surface area contributed by atoms with E-state index in [0.717, 1.165) is 18.7 Å². The first-order valence-corrected chi connectivity index (χ1v) is 4.73.